The van der Waals surface area contributed by atoms with Crippen LogP contribution in [0.5, 0.6) is 0 Å². The number of pyridine rings is 1. The minimum atomic E-state index is -0.107. The fourth-order valence-electron chi connectivity index (χ4n) is 3.66. The van der Waals surface area contributed by atoms with Crippen molar-refractivity contribution in [2.45, 2.75) is 44.9 Å². The van der Waals surface area contributed by atoms with Crippen LogP contribution in [-0.4, -0.2) is 53.8 Å². The van der Waals surface area contributed by atoms with Gasteiger partial charge in [-0.3, -0.25) is 4.79 Å². The average Bonchev–Trinajstić information content (AvgIpc) is 3.33. The summed E-state index contributed by atoms with van der Waals surface area (Å²) in [5.41, 5.74) is 1.60. The van der Waals surface area contributed by atoms with Crippen LogP contribution >= 0.6 is 23.7 Å². The van der Waals surface area contributed by atoms with E-state index in [1.54, 1.807) is 0 Å². The molecule has 0 aliphatic carbocycles. The Hall–Kier alpha value is -1.74. The molecule has 28 heavy (non-hydrogen) atoms. The Bertz CT molecular complexity index is 801. The Morgan fingerprint density at radius 2 is 2.04 bits per heavy atom. The second-order valence-corrected chi connectivity index (χ2v) is 8.08. The molecule has 2 aromatic heterocycles. The number of rotatable bonds is 4. The summed E-state index contributed by atoms with van der Waals surface area (Å²) in [7, 11) is 0. The fraction of sp³-hybridized carbons (Fsp3) is 0.526. The third-order valence-electron chi connectivity index (χ3n) is 4.85. The molecule has 0 spiro atoms. The SMILES string of the molecule is C[C@@H]1CN(c2cccc(-c3csc(NC(=O)[C@@H]4CCCN4)n3)n2)C[C@H](C)O1.Cl. The first-order chi connectivity index (χ1) is 13.1. The molecule has 2 saturated heterocycles. The number of ether oxygens (including phenoxy) is 1. The summed E-state index contributed by atoms with van der Waals surface area (Å²) >= 11 is 1.43. The van der Waals surface area contributed by atoms with Gasteiger partial charge in [0.05, 0.1) is 23.9 Å². The maximum atomic E-state index is 12.2. The number of morpholine rings is 1. The second-order valence-electron chi connectivity index (χ2n) is 7.22. The molecule has 2 fully saturated rings. The quantitative estimate of drug-likeness (QED) is 0.787. The summed E-state index contributed by atoms with van der Waals surface area (Å²) in [5.74, 6) is 0.926. The van der Waals surface area contributed by atoms with Crippen LogP contribution in [0.2, 0.25) is 0 Å². The average molecular weight is 424 g/mol. The second kappa shape index (κ2) is 9.17. The minimum Gasteiger partial charge on any atom is -0.372 e. The topological polar surface area (TPSA) is 79.4 Å². The first-order valence-corrected chi connectivity index (χ1v) is 10.3. The molecule has 2 N–H and O–H groups in total. The van der Waals surface area contributed by atoms with Gasteiger partial charge in [-0.15, -0.1) is 23.7 Å². The molecule has 2 aliphatic rings. The number of hydrogen-bond donors (Lipinski definition) is 2. The summed E-state index contributed by atoms with van der Waals surface area (Å²) in [6, 6.07) is 5.87. The largest absolute Gasteiger partial charge is 0.372 e. The van der Waals surface area contributed by atoms with E-state index in [1.165, 1.54) is 11.3 Å². The predicted molar refractivity (Wildman–Crippen MR) is 114 cm³/mol. The molecule has 0 saturated carbocycles. The lowest BCUT2D eigenvalue weighted by Crippen LogP contribution is -2.45. The highest BCUT2D eigenvalue weighted by molar-refractivity contribution is 7.14. The molecule has 9 heteroatoms. The number of hydrogen-bond acceptors (Lipinski definition) is 7. The highest BCUT2D eigenvalue weighted by Crippen LogP contribution is 2.26. The van der Waals surface area contributed by atoms with Crippen molar-refractivity contribution < 1.29 is 9.53 Å². The van der Waals surface area contributed by atoms with Crippen LogP contribution in [-0.2, 0) is 9.53 Å². The molecule has 0 aromatic carbocycles. The van der Waals surface area contributed by atoms with Gasteiger partial charge in [-0.25, -0.2) is 9.97 Å². The van der Waals surface area contributed by atoms with E-state index in [2.05, 4.69) is 34.4 Å². The highest BCUT2D eigenvalue weighted by Gasteiger charge is 2.24. The first kappa shape index (κ1) is 21.0. The zero-order valence-electron chi connectivity index (χ0n) is 16.1. The van der Waals surface area contributed by atoms with Crippen molar-refractivity contribution in [3.63, 3.8) is 0 Å². The molecule has 4 heterocycles. The van der Waals surface area contributed by atoms with Gasteiger partial charge >= 0.3 is 0 Å². The van der Waals surface area contributed by atoms with Gasteiger partial charge in [-0.05, 0) is 45.4 Å². The lowest BCUT2D eigenvalue weighted by atomic mass is 10.2. The van der Waals surface area contributed by atoms with E-state index in [0.29, 0.717) is 5.13 Å². The van der Waals surface area contributed by atoms with Gasteiger partial charge in [0.2, 0.25) is 5.91 Å². The molecule has 0 bridgehead atoms. The molecule has 0 unspecified atom stereocenters. The van der Waals surface area contributed by atoms with Crippen molar-refractivity contribution in [2.24, 2.45) is 0 Å². The number of carbonyl (C=O) groups excluding carboxylic acids is 1. The zero-order chi connectivity index (χ0) is 18.8. The Labute approximate surface area is 175 Å². The fourth-order valence-corrected chi connectivity index (χ4v) is 4.36. The first-order valence-electron chi connectivity index (χ1n) is 9.46. The molecule has 2 aromatic rings. The van der Waals surface area contributed by atoms with Crippen LogP contribution in [0.25, 0.3) is 11.4 Å². The lowest BCUT2D eigenvalue weighted by molar-refractivity contribution is -0.117. The monoisotopic (exact) mass is 423 g/mol. The van der Waals surface area contributed by atoms with E-state index in [-0.39, 0.29) is 36.6 Å². The summed E-state index contributed by atoms with van der Waals surface area (Å²) in [4.78, 5) is 23.9. The standard InChI is InChI=1S/C19H25N5O2S.ClH/c1-12-9-24(10-13(2)26-12)17-7-3-5-14(21-17)16-11-27-19(22-16)23-18(25)15-6-4-8-20-15;/h3,5,7,11-13,15,20H,4,6,8-10H2,1-2H3,(H,22,23,25);1H/t12-,13+,15-;/m0./s1. The number of halogens is 1. The van der Waals surface area contributed by atoms with E-state index in [4.69, 9.17) is 9.72 Å². The summed E-state index contributed by atoms with van der Waals surface area (Å²) < 4.78 is 5.81. The van der Waals surface area contributed by atoms with Crippen molar-refractivity contribution >= 4 is 40.6 Å². The van der Waals surface area contributed by atoms with Gasteiger partial charge in [0, 0.05) is 18.5 Å². The number of aromatic nitrogens is 2. The van der Waals surface area contributed by atoms with Crippen LogP contribution < -0.4 is 15.5 Å². The van der Waals surface area contributed by atoms with E-state index in [9.17, 15) is 4.79 Å². The van der Waals surface area contributed by atoms with Crippen molar-refractivity contribution in [1.82, 2.24) is 15.3 Å². The van der Waals surface area contributed by atoms with Gasteiger partial charge in [0.25, 0.3) is 0 Å². The van der Waals surface area contributed by atoms with Crippen LogP contribution in [0.1, 0.15) is 26.7 Å². The molecular formula is C19H26ClN5O2S. The number of carbonyl (C=O) groups is 1. The number of amides is 1. The van der Waals surface area contributed by atoms with E-state index in [1.807, 2.05) is 23.6 Å². The van der Waals surface area contributed by atoms with Gasteiger partial charge in [-0.1, -0.05) is 6.07 Å². The van der Waals surface area contributed by atoms with Crippen molar-refractivity contribution in [1.29, 1.82) is 0 Å². The minimum absolute atomic E-state index is 0. The van der Waals surface area contributed by atoms with E-state index < -0.39 is 0 Å². The van der Waals surface area contributed by atoms with Crippen molar-refractivity contribution in [2.75, 3.05) is 29.9 Å². The Balaban J connectivity index is 0.00000225. The predicted octanol–water partition coefficient (Wildman–Crippen LogP) is 2.93. The third kappa shape index (κ3) is 4.81. The van der Waals surface area contributed by atoms with Gasteiger partial charge in [-0.2, -0.15) is 0 Å². The van der Waals surface area contributed by atoms with Gasteiger partial charge < -0.3 is 20.3 Å². The number of anilines is 2. The smallest absolute Gasteiger partial charge is 0.243 e. The summed E-state index contributed by atoms with van der Waals surface area (Å²) in [6.07, 6.45) is 2.29. The molecule has 1 amide bonds. The molecule has 7 nitrogen and oxygen atoms in total. The molecule has 0 radical (unpaired) electrons. The maximum absolute atomic E-state index is 12.2. The lowest BCUT2D eigenvalue weighted by Gasteiger charge is -2.36. The number of thiazole rings is 1. The van der Waals surface area contributed by atoms with Gasteiger partial charge in [0.1, 0.15) is 11.5 Å². The van der Waals surface area contributed by atoms with Crippen molar-refractivity contribution in [3.05, 3.63) is 23.6 Å². The Kier molecular flexibility index (Phi) is 6.87. The highest BCUT2D eigenvalue weighted by atomic mass is 35.5. The molecule has 3 atom stereocenters. The molecule has 4 rings (SSSR count). The van der Waals surface area contributed by atoms with Crippen molar-refractivity contribution in [3.8, 4) is 11.4 Å². The molecule has 152 valence electrons. The van der Waals surface area contributed by atoms with Crippen LogP contribution in [0.15, 0.2) is 23.6 Å². The normalized spacial score (nSPS) is 24.6. The Morgan fingerprint density at radius 1 is 1.25 bits per heavy atom. The molecular weight excluding hydrogens is 398 g/mol. The maximum Gasteiger partial charge on any atom is 0.243 e. The summed E-state index contributed by atoms with van der Waals surface area (Å²) in [5, 5.41) is 8.67. The van der Waals surface area contributed by atoms with E-state index in [0.717, 1.165) is 49.7 Å². The summed E-state index contributed by atoms with van der Waals surface area (Å²) in [6.45, 7) is 6.72. The number of nitrogens with one attached hydrogen (secondary N) is 2. The Morgan fingerprint density at radius 3 is 2.75 bits per heavy atom. The van der Waals surface area contributed by atoms with Crippen LogP contribution in [0.4, 0.5) is 10.9 Å². The van der Waals surface area contributed by atoms with Crippen LogP contribution in [0, 0.1) is 0 Å². The molecule has 2 aliphatic heterocycles. The third-order valence-corrected chi connectivity index (χ3v) is 5.61. The zero-order valence-corrected chi connectivity index (χ0v) is 17.7. The number of nitrogens with zero attached hydrogens (tertiary/aromatic N) is 3. The van der Waals surface area contributed by atoms with Gasteiger partial charge in [0.15, 0.2) is 5.13 Å². The van der Waals surface area contributed by atoms with Crippen LogP contribution in [0.3, 0.4) is 0 Å². The van der Waals surface area contributed by atoms with E-state index >= 15 is 0 Å².